The van der Waals surface area contributed by atoms with Crippen molar-refractivity contribution in [1.82, 2.24) is 9.78 Å². The molecule has 3 rings (SSSR count). The van der Waals surface area contributed by atoms with E-state index in [2.05, 4.69) is 22.5 Å². The van der Waals surface area contributed by atoms with Gasteiger partial charge in [0.1, 0.15) is 5.75 Å². The van der Waals surface area contributed by atoms with Crippen LogP contribution < -0.4 is 5.32 Å². The van der Waals surface area contributed by atoms with Gasteiger partial charge >= 0.3 is 0 Å². The van der Waals surface area contributed by atoms with Gasteiger partial charge in [-0.05, 0) is 54.4 Å². The van der Waals surface area contributed by atoms with Crippen molar-refractivity contribution in [3.8, 4) is 11.4 Å². The highest BCUT2D eigenvalue weighted by Gasteiger charge is 2.00. The first-order valence-electron chi connectivity index (χ1n) is 6.85. The van der Waals surface area contributed by atoms with Crippen LogP contribution in [0.3, 0.4) is 0 Å². The van der Waals surface area contributed by atoms with E-state index in [0.29, 0.717) is 5.75 Å². The fraction of sp³-hybridized carbons (Fsp3) is 0.118. The molecule has 0 bridgehead atoms. The molecule has 0 fully saturated rings. The molecule has 1 aromatic heterocycles. The molecule has 106 valence electrons. The Balaban J connectivity index is 1.66. The van der Waals surface area contributed by atoms with Gasteiger partial charge in [0.15, 0.2) is 0 Å². The quantitative estimate of drug-likeness (QED) is 0.719. The summed E-state index contributed by atoms with van der Waals surface area (Å²) < 4.78 is 1.83. The monoisotopic (exact) mass is 279 g/mol. The summed E-state index contributed by atoms with van der Waals surface area (Å²) in [7, 11) is 0. The summed E-state index contributed by atoms with van der Waals surface area (Å²) in [4.78, 5) is 0. The molecule has 1 heterocycles. The third-order valence-corrected chi connectivity index (χ3v) is 3.40. The molecule has 0 amide bonds. The van der Waals surface area contributed by atoms with Gasteiger partial charge in [0, 0.05) is 24.6 Å². The molecule has 3 aromatic rings. The minimum Gasteiger partial charge on any atom is -0.508 e. The van der Waals surface area contributed by atoms with Crippen LogP contribution in [-0.2, 0) is 6.54 Å². The fourth-order valence-electron chi connectivity index (χ4n) is 2.16. The van der Waals surface area contributed by atoms with E-state index in [-0.39, 0.29) is 0 Å². The standard InChI is InChI=1S/C17H17N3O/c1-13-11-15(5-8-17(13)21)18-12-14-3-6-16(7-4-14)20-10-2-9-19-20/h2-11,18,21H,12H2,1H3. The zero-order valence-corrected chi connectivity index (χ0v) is 11.8. The maximum absolute atomic E-state index is 9.51. The van der Waals surface area contributed by atoms with E-state index >= 15 is 0 Å². The molecule has 0 saturated carbocycles. The molecule has 4 heteroatoms. The maximum Gasteiger partial charge on any atom is 0.118 e. The molecule has 0 aliphatic heterocycles. The van der Waals surface area contributed by atoms with Gasteiger partial charge in [-0.2, -0.15) is 5.10 Å². The van der Waals surface area contributed by atoms with Crippen molar-refractivity contribution < 1.29 is 5.11 Å². The molecule has 0 aliphatic carbocycles. The number of hydrogen-bond donors (Lipinski definition) is 2. The molecule has 2 N–H and O–H groups in total. The predicted octanol–water partition coefficient (Wildman–Crippen LogP) is 3.50. The Labute approximate surface area is 123 Å². The number of aryl methyl sites for hydroxylation is 1. The Kier molecular flexibility index (Phi) is 3.60. The van der Waals surface area contributed by atoms with Gasteiger partial charge in [0.25, 0.3) is 0 Å². The van der Waals surface area contributed by atoms with Crippen LogP contribution in [0.1, 0.15) is 11.1 Å². The highest BCUT2D eigenvalue weighted by atomic mass is 16.3. The average Bonchev–Trinajstić information content (AvgIpc) is 3.03. The van der Waals surface area contributed by atoms with E-state index in [0.717, 1.165) is 23.5 Å². The van der Waals surface area contributed by atoms with E-state index in [4.69, 9.17) is 0 Å². The Morgan fingerprint density at radius 3 is 2.62 bits per heavy atom. The van der Waals surface area contributed by atoms with E-state index in [1.165, 1.54) is 5.56 Å². The summed E-state index contributed by atoms with van der Waals surface area (Å²) in [5.41, 5.74) is 4.11. The minimum atomic E-state index is 0.323. The number of nitrogens with zero attached hydrogens (tertiary/aromatic N) is 2. The Bertz CT molecular complexity index is 718. The number of aromatic hydroxyl groups is 1. The van der Waals surface area contributed by atoms with Crippen molar-refractivity contribution in [2.24, 2.45) is 0 Å². The summed E-state index contributed by atoms with van der Waals surface area (Å²) in [6.07, 6.45) is 3.69. The van der Waals surface area contributed by atoms with Crippen molar-refractivity contribution in [2.75, 3.05) is 5.32 Å². The van der Waals surface area contributed by atoms with Crippen LogP contribution in [-0.4, -0.2) is 14.9 Å². The third-order valence-electron chi connectivity index (χ3n) is 3.40. The molecule has 0 radical (unpaired) electrons. The Morgan fingerprint density at radius 2 is 1.95 bits per heavy atom. The SMILES string of the molecule is Cc1cc(NCc2ccc(-n3cccn3)cc2)ccc1O. The van der Waals surface area contributed by atoms with Gasteiger partial charge in [-0.25, -0.2) is 4.68 Å². The zero-order valence-electron chi connectivity index (χ0n) is 11.8. The van der Waals surface area contributed by atoms with Crippen LogP contribution in [0.15, 0.2) is 60.9 Å². The second-order valence-corrected chi connectivity index (χ2v) is 4.97. The average molecular weight is 279 g/mol. The predicted molar refractivity (Wildman–Crippen MR) is 83.7 cm³/mol. The molecule has 0 aliphatic rings. The second kappa shape index (κ2) is 5.71. The highest BCUT2D eigenvalue weighted by molar-refractivity contribution is 5.50. The second-order valence-electron chi connectivity index (χ2n) is 4.97. The van der Waals surface area contributed by atoms with E-state index in [1.807, 2.05) is 48.1 Å². The molecule has 0 spiro atoms. The molecular formula is C17H17N3O. The van der Waals surface area contributed by atoms with Crippen molar-refractivity contribution >= 4 is 5.69 Å². The smallest absolute Gasteiger partial charge is 0.118 e. The van der Waals surface area contributed by atoms with Crippen LogP contribution in [0, 0.1) is 6.92 Å². The zero-order chi connectivity index (χ0) is 14.7. The number of rotatable bonds is 4. The molecule has 0 unspecified atom stereocenters. The third kappa shape index (κ3) is 3.05. The number of phenolic OH excluding ortho intramolecular Hbond substituents is 1. The van der Waals surface area contributed by atoms with Crippen molar-refractivity contribution in [2.45, 2.75) is 13.5 Å². The maximum atomic E-state index is 9.51. The fourth-order valence-corrected chi connectivity index (χ4v) is 2.16. The molecule has 0 saturated heterocycles. The largest absolute Gasteiger partial charge is 0.508 e. The van der Waals surface area contributed by atoms with Gasteiger partial charge in [0.2, 0.25) is 0 Å². The van der Waals surface area contributed by atoms with Crippen LogP contribution >= 0.6 is 0 Å². The lowest BCUT2D eigenvalue weighted by molar-refractivity contribution is 0.471. The van der Waals surface area contributed by atoms with Crippen LogP contribution in [0.25, 0.3) is 5.69 Å². The molecule has 0 atom stereocenters. The number of phenols is 1. The van der Waals surface area contributed by atoms with E-state index < -0.39 is 0 Å². The Hall–Kier alpha value is -2.75. The lowest BCUT2D eigenvalue weighted by Crippen LogP contribution is -2.00. The van der Waals surface area contributed by atoms with Crippen LogP contribution in [0.4, 0.5) is 5.69 Å². The van der Waals surface area contributed by atoms with Crippen molar-refractivity contribution in [1.29, 1.82) is 0 Å². The number of aromatic nitrogens is 2. The topological polar surface area (TPSA) is 50.1 Å². The Morgan fingerprint density at radius 1 is 1.14 bits per heavy atom. The molecule has 21 heavy (non-hydrogen) atoms. The van der Waals surface area contributed by atoms with Crippen molar-refractivity contribution in [3.63, 3.8) is 0 Å². The lowest BCUT2D eigenvalue weighted by atomic mass is 10.1. The number of benzene rings is 2. The summed E-state index contributed by atoms with van der Waals surface area (Å²) in [5.74, 6) is 0.323. The summed E-state index contributed by atoms with van der Waals surface area (Å²) in [6.45, 7) is 2.63. The number of anilines is 1. The van der Waals surface area contributed by atoms with Gasteiger partial charge in [0.05, 0.1) is 5.69 Å². The molecular weight excluding hydrogens is 262 g/mol. The summed E-state index contributed by atoms with van der Waals surface area (Å²) in [6, 6.07) is 15.7. The summed E-state index contributed by atoms with van der Waals surface area (Å²) >= 11 is 0. The number of nitrogens with one attached hydrogen (secondary N) is 1. The van der Waals surface area contributed by atoms with Crippen LogP contribution in [0.5, 0.6) is 5.75 Å². The van der Waals surface area contributed by atoms with Crippen LogP contribution in [0.2, 0.25) is 0 Å². The minimum absolute atomic E-state index is 0.323. The van der Waals surface area contributed by atoms with E-state index in [1.54, 1.807) is 12.3 Å². The van der Waals surface area contributed by atoms with Gasteiger partial charge < -0.3 is 10.4 Å². The van der Waals surface area contributed by atoms with Gasteiger partial charge in [-0.3, -0.25) is 0 Å². The van der Waals surface area contributed by atoms with Gasteiger partial charge in [-0.15, -0.1) is 0 Å². The number of hydrogen-bond acceptors (Lipinski definition) is 3. The van der Waals surface area contributed by atoms with Gasteiger partial charge in [-0.1, -0.05) is 12.1 Å². The lowest BCUT2D eigenvalue weighted by Gasteiger charge is -2.09. The first-order chi connectivity index (χ1) is 10.2. The molecule has 2 aromatic carbocycles. The van der Waals surface area contributed by atoms with E-state index in [9.17, 15) is 5.11 Å². The first-order valence-corrected chi connectivity index (χ1v) is 6.85. The summed E-state index contributed by atoms with van der Waals surface area (Å²) in [5, 5.41) is 17.1. The normalized spacial score (nSPS) is 10.5. The first kappa shape index (κ1) is 13.2. The van der Waals surface area contributed by atoms with Crippen molar-refractivity contribution in [3.05, 3.63) is 72.1 Å². The molecule has 4 nitrogen and oxygen atoms in total. The highest BCUT2D eigenvalue weighted by Crippen LogP contribution is 2.20.